The van der Waals surface area contributed by atoms with Gasteiger partial charge in [-0.05, 0) is 58.4 Å². The highest BCUT2D eigenvalue weighted by atomic mass is 32.1. The number of thiophene rings is 1. The predicted octanol–water partition coefficient (Wildman–Crippen LogP) is 4.86. The predicted molar refractivity (Wildman–Crippen MR) is 113 cm³/mol. The molecule has 1 aromatic heterocycles. The Kier molecular flexibility index (Phi) is 6.07. The summed E-state index contributed by atoms with van der Waals surface area (Å²) in [6, 6.07) is 9.87. The minimum Gasteiger partial charge on any atom is -0.372 e. The Morgan fingerprint density at radius 3 is 2.52 bits per heavy atom. The number of morpholine rings is 1. The second-order valence-corrected chi connectivity index (χ2v) is 8.83. The lowest BCUT2D eigenvalue weighted by Gasteiger charge is -2.37. The summed E-state index contributed by atoms with van der Waals surface area (Å²) in [5, 5.41) is 6.10. The summed E-state index contributed by atoms with van der Waals surface area (Å²) in [4.78, 5) is 17.4. The Morgan fingerprint density at radius 1 is 1.22 bits per heavy atom. The molecule has 2 amide bonds. The van der Waals surface area contributed by atoms with Crippen LogP contribution >= 0.6 is 11.3 Å². The van der Waals surface area contributed by atoms with E-state index in [9.17, 15) is 4.79 Å². The van der Waals surface area contributed by atoms with Gasteiger partial charge in [-0.25, -0.2) is 4.79 Å². The maximum Gasteiger partial charge on any atom is 0.319 e. The third-order valence-electron chi connectivity index (χ3n) is 4.81. The number of carbonyl (C=O) groups is 1. The van der Waals surface area contributed by atoms with Crippen molar-refractivity contribution in [1.29, 1.82) is 0 Å². The Balaban J connectivity index is 1.70. The van der Waals surface area contributed by atoms with Crippen molar-refractivity contribution in [3.05, 3.63) is 45.6 Å². The normalized spacial score (nSPS) is 21.0. The largest absolute Gasteiger partial charge is 0.372 e. The molecular weight excluding hydrogens is 358 g/mol. The zero-order valence-corrected chi connectivity index (χ0v) is 17.5. The topological polar surface area (TPSA) is 53.6 Å². The lowest BCUT2D eigenvalue weighted by atomic mass is 10.1. The molecule has 0 radical (unpaired) electrons. The van der Waals surface area contributed by atoms with Crippen LogP contribution < -0.4 is 15.5 Å². The number of ether oxygens (including phenoxy) is 1. The van der Waals surface area contributed by atoms with Gasteiger partial charge in [-0.1, -0.05) is 12.1 Å². The fourth-order valence-electron chi connectivity index (χ4n) is 3.74. The van der Waals surface area contributed by atoms with Crippen molar-refractivity contribution >= 4 is 28.7 Å². The van der Waals surface area contributed by atoms with Gasteiger partial charge in [0.1, 0.15) is 0 Å². The molecule has 2 heterocycles. The minimum atomic E-state index is -0.187. The number of nitrogens with one attached hydrogen (secondary N) is 2. The summed E-state index contributed by atoms with van der Waals surface area (Å²) in [7, 11) is 0. The first-order valence-electron chi connectivity index (χ1n) is 9.47. The molecule has 1 aliphatic rings. The van der Waals surface area contributed by atoms with E-state index in [1.165, 1.54) is 15.3 Å². The van der Waals surface area contributed by atoms with Gasteiger partial charge < -0.3 is 20.3 Å². The molecule has 6 heteroatoms. The minimum absolute atomic E-state index is 0.0365. The van der Waals surface area contributed by atoms with E-state index in [0.717, 1.165) is 24.5 Å². The van der Waals surface area contributed by atoms with Gasteiger partial charge in [-0.15, -0.1) is 11.3 Å². The van der Waals surface area contributed by atoms with Crippen molar-refractivity contribution in [3.63, 3.8) is 0 Å². The molecule has 1 aromatic carbocycles. The van der Waals surface area contributed by atoms with Gasteiger partial charge in [-0.3, -0.25) is 0 Å². The number of para-hydroxylation sites is 2. The fourth-order valence-corrected chi connectivity index (χ4v) is 4.77. The van der Waals surface area contributed by atoms with Gasteiger partial charge in [-0.2, -0.15) is 0 Å². The van der Waals surface area contributed by atoms with E-state index in [4.69, 9.17) is 4.74 Å². The molecular formula is C21H29N3O2S. The Hall–Kier alpha value is -2.05. The van der Waals surface area contributed by atoms with Gasteiger partial charge in [0.15, 0.2) is 0 Å². The summed E-state index contributed by atoms with van der Waals surface area (Å²) >= 11 is 1.76. The zero-order valence-electron chi connectivity index (χ0n) is 16.7. The molecule has 0 aliphatic carbocycles. The van der Waals surface area contributed by atoms with Gasteiger partial charge in [0.05, 0.1) is 29.6 Å². The lowest BCUT2D eigenvalue weighted by molar-refractivity contribution is -0.00517. The summed E-state index contributed by atoms with van der Waals surface area (Å²) in [6.07, 6.45) is 0.334. The first kappa shape index (κ1) is 19.7. The number of hydrogen-bond acceptors (Lipinski definition) is 4. The molecule has 0 saturated carbocycles. The Labute approximate surface area is 165 Å². The van der Waals surface area contributed by atoms with Crippen LogP contribution in [-0.2, 0) is 4.74 Å². The average Bonchev–Trinajstić information content (AvgIpc) is 2.93. The smallest absolute Gasteiger partial charge is 0.319 e. The molecule has 0 spiro atoms. The van der Waals surface area contributed by atoms with Gasteiger partial charge >= 0.3 is 6.03 Å². The number of nitrogens with zero attached hydrogens (tertiary/aromatic N) is 1. The van der Waals surface area contributed by atoms with Gasteiger partial charge in [0, 0.05) is 22.8 Å². The van der Waals surface area contributed by atoms with E-state index < -0.39 is 0 Å². The van der Waals surface area contributed by atoms with E-state index >= 15 is 0 Å². The van der Waals surface area contributed by atoms with Crippen molar-refractivity contribution < 1.29 is 9.53 Å². The molecule has 0 bridgehead atoms. The third-order valence-corrected chi connectivity index (χ3v) is 5.79. The monoisotopic (exact) mass is 387 g/mol. The highest BCUT2D eigenvalue weighted by Gasteiger charge is 2.24. The second-order valence-electron chi connectivity index (χ2n) is 7.37. The molecule has 2 N–H and O–H groups in total. The number of aryl methyl sites for hydroxylation is 2. The van der Waals surface area contributed by atoms with Gasteiger partial charge in [0.2, 0.25) is 0 Å². The molecule has 146 valence electrons. The number of carbonyl (C=O) groups excluding carboxylic acids is 1. The SMILES string of the molecule is Cc1cc(C(C)NC(=O)Nc2ccccc2N2CC(C)OC(C)C2)c(C)s1. The van der Waals surface area contributed by atoms with Crippen LogP contribution in [0.15, 0.2) is 30.3 Å². The van der Waals surface area contributed by atoms with Crippen LogP contribution in [0.25, 0.3) is 0 Å². The first-order valence-corrected chi connectivity index (χ1v) is 10.3. The summed E-state index contributed by atoms with van der Waals surface area (Å²) in [5.41, 5.74) is 3.03. The number of benzene rings is 1. The molecule has 3 rings (SSSR count). The molecule has 27 heavy (non-hydrogen) atoms. The van der Waals surface area contributed by atoms with Crippen molar-refractivity contribution in [3.8, 4) is 0 Å². The Bertz CT molecular complexity index is 794. The standard InChI is InChI=1S/C21H29N3O2S/c1-13-11-24(12-14(2)26-13)20-9-7-6-8-19(20)23-21(25)22-16(4)18-10-15(3)27-17(18)5/h6-10,13-14,16H,11-12H2,1-5H3,(H2,22,23,25). The van der Waals surface area contributed by atoms with E-state index in [-0.39, 0.29) is 24.3 Å². The van der Waals surface area contributed by atoms with E-state index in [1.54, 1.807) is 11.3 Å². The number of hydrogen-bond donors (Lipinski definition) is 2. The zero-order chi connectivity index (χ0) is 19.6. The molecule has 1 saturated heterocycles. The highest BCUT2D eigenvalue weighted by Crippen LogP contribution is 2.29. The molecule has 3 atom stereocenters. The van der Waals surface area contributed by atoms with Crippen molar-refractivity contribution in [2.24, 2.45) is 0 Å². The average molecular weight is 388 g/mol. The molecule has 2 aromatic rings. The van der Waals surface area contributed by atoms with Crippen LogP contribution in [0, 0.1) is 13.8 Å². The van der Waals surface area contributed by atoms with E-state index in [2.05, 4.69) is 55.4 Å². The number of urea groups is 1. The maximum absolute atomic E-state index is 12.6. The maximum atomic E-state index is 12.6. The van der Waals surface area contributed by atoms with Crippen molar-refractivity contribution in [2.75, 3.05) is 23.3 Å². The molecule has 5 nitrogen and oxygen atoms in total. The molecule has 3 unspecified atom stereocenters. The van der Waals surface area contributed by atoms with E-state index in [0.29, 0.717) is 0 Å². The Morgan fingerprint density at radius 2 is 1.89 bits per heavy atom. The van der Waals surface area contributed by atoms with Crippen molar-refractivity contribution in [2.45, 2.75) is 52.9 Å². The number of amides is 2. The van der Waals surface area contributed by atoms with E-state index in [1.807, 2.05) is 25.1 Å². The lowest BCUT2D eigenvalue weighted by Crippen LogP contribution is -2.45. The fraction of sp³-hybridized carbons (Fsp3) is 0.476. The van der Waals surface area contributed by atoms with Crippen LogP contribution in [0.5, 0.6) is 0 Å². The van der Waals surface area contributed by atoms with Crippen LogP contribution in [0.3, 0.4) is 0 Å². The quantitative estimate of drug-likeness (QED) is 0.788. The van der Waals surface area contributed by atoms with Crippen LogP contribution in [-0.4, -0.2) is 31.3 Å². The van der Waals surface area contributed by atoms with Gasteiger partial charge in [0.25, 0.3) is 0 Å². The van der Waals surface area contributed by atoms with Crippen LogP contribution in [0.1, 0.15) is 42.1 Å². The summed E-state index contributed by atoms with van der Waals surface area (Å²) < 4.78 is 5.83. The van der Waals surface area contributed by atoms with Crippen molar-refractivity contribution in [1.82, 2.24) is 5.32 Å². The molecule has 1 aliphatic heterocycles. The van der Waals surface area contributed by atoms with Crippen LogP contribution in [0.4, 0.5) is 16.2 Å². The first-order chi connectivity index (χ1) is 12.8. The highest BCUT2D eigenvalue weighted by molar-refractivity contribution is 7.12. The summed E-state index contributed by atoms with van der Waals surface area (Å²) in [5.74, 6) is 0. The summed E-state index contributed by atoms with van der Waals surface area (Å²) in [6.45, 7) is 12.0. The molecule has 1 fully saturated rings. The second kappa shape index (κ2) is 8.31. The number of anilines is 2. The number of rotatable bonds is 4. The third kappa shape index (κ3) is 4.82. The van der Waals surface area contributed by atoms with Crippen LogP contribution in [0.2, 0.25) is 0 Å².